The Morgan fingerprint density at radius 1 is 1.18 bits per heavy atom. The second-order valence-electron chi connectivity index (χ2n) is 7.58. The van der Waals surface area contributed by atoms with E-state index in [-0.39, 0.29) is 12.2 Å². The zero-order valence-electron chi connectivity index (χ0n) is 16.3. The number of anilines is 1. The summed E-state index contributed by atoms with van der Waals surface area (Å²) < 4.78 is 5.74. The molecule has 4 rings (SSSR count). The minimum Gasteiger partial charge on any atom is -0.496 e. The van der Waals surface area contributed by atoms with E-state index in [0.717, 1.165) is 30.8 Å². The normalized spacial score (nSPS) is 23.7. The molecule has 2 aliphatic rings. The summed E-state index contributed by atoms with van der Waals surface area (Å²) in [5.74, 6) is 2.25. The van der Waals surface area contributed by atoms with Gasteiger partial charge in [0.2, 0.25) is 0 Å². The first kappa shape index (κ1) is 19.4. The summed E-state index contributed by atoms with van der Waals surface area (Å²) in [6.45, 7) is 2.31. The molecule has 3 N–H and O–H groups in total. The molecule has 1 aromatic carbocycles. The number of nitrogens with zero attached hydrogens (tertiary/aromatic N) is 3. The van der Waals surface area contributed by atoms with Crippen LogP contribution in [0.2, 0.25) is 5.15 Å². The molecule has 28 heavy (non-hydrogen) atoms. The smallest absolute Gasteiger partial charge is 0.147 e. The quantitative estimate of drug-likeness (QED) is 0.710. The number of hydrogen-bond acceptors (Lipinski definition) is 7. The molecule has 0 bridgehead atoms. The van der Waals surface area contributed by atoms with E-state index in [0.29, 0.717) is 16.9 Å². The lowest BCUT2D eigenvalue weighted by molar-refractivity contribution is 0.255. The Hall–Kier alpha value is -1.93. The fourth-order valence-corrected chi connectivity index (χ4v) is 4.13. The van der Waals surface area contributed by atoms with Gasteiger partial charge in [0.25, 0.3) is 0 Å². The zero-order valence-corrected chi connectivity index (χ0v) is 17.0. The van der Waals surface area contributed by atoms with Gasteiger partial charge in [-0.25, -0.2) is 20.8 Å². The fourth-order valence-electron chi connectivity index (χ4n) is 4.03. The Labute approximate surface area is 170 Å². The molecular weight excluding hydrogens is 376 g/mol. The number of likely N-dealkylation sites (tertiary alicyclic amines) is 1. The molecular formula is C20H27ClN6O. The number of nitrogens with one attached hydrogen (secondary N) is 3. The molecule has 0 saturated carbocycles. The number of hydrogen-bond donors (Lipinski definition) is 3. The molecule has 8 heteroatoms. The van der Waals surface area contributed by atoms with Gasteiger partial charge in [-0.2, -0.15) is 0 Å². The van der Waals surface area contributed by atoms with Crippen molar-refractivity contribution in [3.8, 4) is 5.75 Å². The highest BCUT2D eigenvalue weighted by Gasteiger charge is 2.28. The Morgan fingerprint density at radius 2 is 2.00 bits per heavy atom. The number of halogens is 1. The molecule has 7 nitrogen and oxygen atoms in total. The molecule has 2 aromatic rings. The Kier molecular flexibility index (Phi) is 5.96. The summed E-state index contributed by atoms with van der Waals surface area (Å²) >= 11 is 5.80. The van der Waals surface area contributed by atoms with Crippen molar-refractivity contribution in [3.63, 3.8) is 0 Å². The van der Waals surface area contributed by atoms with Gasteiger partial charge in [0.15, 0.2) is 0 Å². The molecule has 2 atom stereocenters. The van der Waals surface area contributed by atoms with Crippen LogP contribution in [0.5, 0.6) is 5.75 Å². The third-order valence-corrected chi connectivity index (χ3v) is 5.86. The minimum atomic E-state index is 0.0405. The summed E-state index contributed by atoms with van der Waals surface area (Å²) in [6, 6.07) is 6.84. The maximum atomic E-state index is 5.80. The van der Waals surface area contributed by atoms with Gasteiger partial charge in [0, 0.05) is 12.0 Å². The van der Waals surface area contributed by atoms with E-state index < -0.39 is 0 Å². The third-order valence-electron chi connectivity index (χ3n) is 5.67. The first-order valence-corrected chi connectivity index (χ1v) is 10.1. The number of benzene rings is 1. The van der Waals surface area contributed by atoms with Crippen molar-refractivity contribution < 1.29 is 4.74 Å². The number of methoxy groups -OCH3 is 1. The van der Waals surface area contributed by atoms with Gasteiger partial charge in [0.05, 0.1) is 31.7 Å². The van der Waals surface area contributed by atoms with E-state index in [2.05, 4.69) is 56.3 Å². The van der Waals surface area contributed by atoms with Crippen molar-refractivity contribution >= 4 is 17.4 Å². The van der Waals surface area contributed by atoms with Crippen molar-refractivity contribution in [1.29, 1.82) is 0 Å². The molecule has 2 unspecified atom stereocenters. The lowest BCUT2D eigenvalue weighted by atomic mass is 9.88. The Balaban J connectivity index is 1.43. The number of rotatable bonds is 5. The summed E-state index contributed by atoms with van der Waals surface area (Å²) in [6.07, 6.45) is 6.47. The molecule has 0 radical (unpaired) electrons. The van der Waals surface area contributed by atoms with Gasteiger partial charge in [-0.05, 0) is 50.5 Å². The topological polar surface area (TPSA) is 74.3 Å². The van der Waals surface area contributed by atoms with Crippen molar-refractivity contribution in [2.75, 3.05) is 32.6 Å². The highest BCUT2D eigenvalue weighted by Crippen LogP contribution is 2.35. The third kappa shape index (κ3) is 4.38. The lowest BCUT2D eigenvalue weighted by Gasteiger charge is -2.29. The molecule has 2 aliphatic heterocycles. The molecule has 3 heterocycles. The monoisotopic (exact) mass is 402 g/mol. The van der Waals surface area contributed by atoms with Crippen LogP contribution in [0, 0.1) is 0 Å². The van der Waals surface area contributed by atoms with Gasteiger partial charge in [-0.15, -0.1) is 0 Å². The van der Waals surface area contributed by atoms with Crippen LogP contribution in [0.1, 0.15) is 42.3 Å². The molecule has 0 aliphatic carbocycles. The lowest BCUT2D eigenvalue weighted by Crippen LogP contribution is -2.36. The van der Waals surface area contributed by atoms with Gasteiger partial charge in [-0.3, -0.25) is 0 Å². The summed E-state index contributed by atoms with van der Waals surface area (Å²) in [5, 5.41) is 3.71. The summed E-state index contributed by atoms with van der Waals surface area (Å²) in [4.78, 5) is 10.7. The Bertz CT molecular complexity index is 794. The molecule has 0 amide bonds. The second kappa shape index (κ2) is 8.61. The highest BCUT2D eigenvalue weighted by molar-refractivity contribution is 6.29. The Morgan fingerprint density at radius 3 is 2.71 bits per heavy atom. The van der Waals surface area contributed by atoms with E-state index in [9.17, 15) is 0 Å². The van der Waals surface area contributed by atoms with E-state index in [4.69, 9.17) is 16.3 Å². The first-order valence-electron chi connectivity index (χ1n) is 9.74. The zero-order chi connectivity index (χ0) is 19.5. The standard InChI is InChI=1S/C20H27ClN6O/c1-27-7-5-13(6-8-27)14-3-4-15(17(9-14)28-2)16-10-19(26-25-16)24-20-12-22-18(21)11-23-20/h3-4,9,11-13,16,19,25-26H,5-8,10H2,1-2H3,(H,23,24). The van der Waals surface area contributed by atoms with E-state index in [1.807, 2.05) is 0 Å². The number of ether oxygens (including phenoxy) is 1. The van der Waals surface area contributed by atoms with Crippen LogP contribution >= 0.6 is 11.6 Å². The number of piperidine rings is 1. The SMILES string of the molecule is COc1cc(C2CCN(C)CC2)ccc1C1CC(Nc2cnc(Cl)cn2)NN1. The predicted octanol–water partition coefficient (Wildman–Crippen LogP) is 2.92. The van der Waals surface area contributed by atoms with Crippen molar-refractivity contribution in [3.05, 3.63) is 46.9 Å². The molecule has 2 saturated heterocycles. The predicted molar refractivity (Wildman–Crippen MR) is 111 cm³/mol. The van der Waals surface area contributed by atoms with E-state index >= 15 is 0 Å². The van der Waals surface area contributed by atoms with Crippen LogP contribution in [-0.2, 0) is 0 Å². The second-order valence-corrected chi connectivity index (χ2v) is 7.96. The first-order chi connectivity index (χ1) is 13.6. The average Bonchev–Trinajstić information content (AvgIpc) is 3.18. The van der Waals surface area contributed by atoms with Gasteiger partial charge >= 0.3 is 0 Å². The fraction of sp³-hybridized carbons (Fsp3) is 0.500. The molecule has 1 aromatic heterocycles. The van der Waals surface area contributed by atoms with Crippen LogP contribution in [0.15, 0.2) is 30.6 Å². The van der Waals surface area contributed by atoms with Crippen LogP contribution in [0.25, 0.3) is 0 Å². The van der Waals surface area contributed by atoms with Gasteiger partial charge in [-0.1, -0.05) is 23.7 Å². The average molecular weight is 403 g/mol. The molecule has 2 fully saturated rings. The van der Waals surface area contributed by atoms with E-state index in [1.54, 1.807) is 13.3 Å². The summed E-state index contributed by atoms with van der Waals surface area (Å²) in [5.41, 5.74) is 9.19. The highest BCUT2D eigenvalue weighted by atomic mass is 35.5. The van der Waals surface area contributed by atoms with Crippen molar-refractivity contribution in [1.82, 2.24) is 25.7 Å². The van der Waals surface area contributed by atoms with Crippen molar-refractivity contribution in [2.24, 2.45) is 0 Å². The maximum Gasteiger partial charge on any atom is 0.147 e. The molecule has 0 spiro atoms. The largest absolute Gasteiger partial charge is 0.496 e. The van der Waals surface area contributed by atoms with Crippen LogP contribution in [-0.4, -0.2) is 48.3 Å². The van der Waals surface area contributed by atoms with Crippen molar-refractivity contribution in [2.45, 2.75) is 37.4 Å². The van der Waals surface area contributed by atoms with Crippen LogP contribution < -0.4 is 20.9 Å². The van der Waals surface area contributed by atoms with Crippen LogP contribution in [0.4, 0.5) is 5.82 Å². The number of aromatic nitrogens is 2. The minimum absolute atomic E-state index is 0.0405. The van der Waals surface area contributed by atoms with Gasteiger partial charge in [0.1, 0.15) is 16.7 Å². The van der Waals surface area contributed by atoms with Gasteiger partial charge < -0.3 is 15.0 Å². The molecule has 150 valence electrons. The maximum absolute atomic E-state index is 5.80. The summed E-state index contributed by atoms with van der Waals surface area (Å²) in [7, 11) is 3.94. The van der Waals surface area contributed by atoms with Crippen LogP contribution in [0.3, 0.4) is 0 Å². The van der Waals surface area contributed by atoms with E-state index in [1.165, 1.54) is 24.6 Å². The number of hydrazine groups is 1.